The molecule has 9 heteroatoms. The Hall–Kier alpha value is -3.51. The lowest BCUT2D eigenvalue weighted by Gasteiger charge is -2.15. The first-order chi connectivity index (χ1) is 13.7. The van der Waals surface area contributed by atoms with Crippen LogP contribution in [0.4, 0.5) is 0 Å². The molecule has 0 saturated carbocycles. The van der Waals surface area contributed by atoms with E-state index in [4.69, 9.17) is 0 Å². The van der Waals surface area contributed by atoms with E-state index < -0.39 is 10.7 Å². The minimum absolute atomic E-state index is 0.00479. The molecule has 0 aliphatic heterocycles. The summed E-state index contributed by atoms with van der Waals surface area (Å²) < 4.78 is 23.5. The number of nitriles is 1. The highest BCUT2D eigenvalue weighted by Gasteiger charge is 2.17. The van der Waals surface area contributed by atoms with Crippen LogP contribution in [0.2, 0.25) is 0 Å². The number of aromatic amines is 1. The molecule has 0 amide bonds. The van der Waals surface area contributed by atoms with Crippen LogP contribution in [0, 0.1) is 11.3 Å². The Kier molecular flexibility index (Phi) is 4.87. The first kappa shape index (κ1) is 17.9. The summed E-state index contributed by atoms with van der Waals surface area (Å²) in [6, 6.07) is 11.0. The van der Waals surface area contributed by atoms with Gasteiger partial charge in [0.2, 0.25) is 0 Å². The van der Waals surface area contributed by atoms with Gasteiger partial charge in [0, 0.05) is 23.3 Å². The van der Waals surface area contributed by atoms with Gasteiger partial charge in [0.25, 0.3) is 0 Å². The van der Waals surface area contributed by atoms with Gasteiger partial charge in [0.1, 0.15) is 22.7 Å². The predicted octanol–water partition coefficient (Wildman–Crippen LogP) is 2.44. The molecule has 0 spiro atoms. The first-order valence-electron chi connectivity index (χ1n) is 8.56. The monoisotopic (exact) mass is 392 g/mol. The van der Waals surface area contributed by atoms with Crippen LogP contribution in [0.1, 0.15) is 23.6 Å². The number of nitrogens with one attached hydrogen (secondary N) is 1. The van der Waals surface area contributed by atoms with Gasteiger partial charge >= 0.3 is 0 Å². The van der Waals surface area contributed by atoms with E-state index in [9.17, 15) is 13.7 Å². The largest absolute Gasteiger partial charge is 0.346 e. The van der Waals surface area contributed by atoms with Crippen molar-refractivity contribution in [3.63, 3.8) is 0 Å². The number of hydrogen-bond acceptors (Lipinski definition) is 6. The molecular formula is C19H16N6O2S. The summed E-state index contributed by atoms with van der Waals surface area (Å²) >= 11 is 0. The van der Waals surface area contributed by atoms with E-state index >= 15 is 0 Å². The SMILES string of the molecule is N#CCC(c1ccc(C[SH](=O)=O)cc1)n1cc(-c2ncnc3[nH]ccc23)cn1. The highest BCUT2D eigenvalue weighted by Crippen LogP contribution is 2.27. The van der Waals surface area contributed by atoms with Crippen LogP contribution in [0.15, 0.2) is 55.2 Å². The van der Waals surface area contributed by atoms with E-state index in [1.54, 1.807) is 23.0 Å². The molecule has 0 aliphatic carbocycles. The average Bonchev–Trinajstić information content (AvgIpc) is 3.36. The summed E-state index contributed by atoms with van der Waals surface area (Å²) in [6.45, 7) is 0. The van der Waals surface area contributed by atoms with Gasteiger partial charge in [-0.15, -0.1) is 0 Å². The van der Waals surface area contributed by atoms with Crippen molar-refractivity contribution < 1.29 is 8.42 Å². The van der Waals surface area contributed by atoms with Gasteiger partial charge in [-0.2, -0.15) is 10.4 Å². The van der Waals surface area contributed by atoms with Gasteiger partial charge in [0.15, 0.2) is 0 Å². The summed E-state index contributed by atoms with van der Waals surface area (Å²) in [4.78, 5) is 11.6. The Morgan fingerprint density at radius 2 is 2.00 bits per heavy atom. The molecule has 1 unspecified atom stereocenters. The summed E-state index contributed by atoms with van der Waals surface area (Å²) in [5.41, 5.74) is 3.94. The van der Waals surface area contributed by atoms with Crippen molar-refractivity contribution >= 4 is 21.7 Å². The molecule has 4 aromatic rings. The number of H-pyrrole nitrogens is 1. The Bertz CT molecular complexity index is 1230. The summed E-state index contributed by atoms with van der Waals surface area (Å²) in [5, 5.41) is 14.6. The Labute approximate surface area is 162 Å². The second-order valence-electron chi connectivity index (χ2n) is 6.28. The standard InChI is InChI=1S/C19H16N6O2S/c20-7-5-17(14-3-1-13(2-4-14)11-28(26)27)25-10-15(9-24-25)18-16-6-8-21-19(16)23-12-22-18/h1-4,6,8-10,12,17,28H,5,11H2,(H,21,22,23). The molecule has 4 rings (SSSR count). The van der Waals surface area contributed by atoms with Crippen molar-refractivity contribution in [3.8, 4) is 17.3 Å². The Morgan fingerprint density at radius 1 is 1.18 bits per heavy atom. The maximum Gasteiger partial charge on any atom is 0.144 e. The van der Waals surface area contributed by atoms with Gasteiger partial charge in [-0.25, -0.2) is 18.4 Å². The zero-order valence-electron chi connectivity index (χ0n) is 14.7. The number of thiol groups is 1. The predicted molar refractivity (Wildman–Crippen MR) is 104 cm³/mol. The van der Waals surface area contributed by atoms with Crippen LogP contribution in [-0.2, 0) is 16.5 Å². The van der Waals surface area contributed by atoms with E-state index in [0.29, 0.717) is 5.56 Å². The number of benzene rings is 1. The lowest BCUT2D eigenvalue weighted by Crippen LogP contribution is -2.10. The molecule has 0 saturated heterocycles. The molecule has 8 nitrogen and oxygen atoms in total. The van der Waals surface area contributed by atoms with Crippen molar-refractivity contribution in [2.75, 3.05) is 0 Å². The molecule has 1 N–H and O–H groups in total. The number of fused-ring (bicyclic) bond motifs is 1. The van der Waals surface area contributed by atoms with Crippen LogP contribution in [0.25, 0.3) is 22.3 Å². The summed E-state index contributed by atoms with van der Waals surface area (Å²) in [6.07, 6.45) is 7.12. The summed E-state index contributed by atoms with van der Waals surface area (Å²) in [5.74, 6) is 0.00479. The molecule has 1 atom stereocenters. The minimum Gasteiger partial charge on any atom is -0.346 e. The van der Waals surface area contributed by atoms with Crippen molar-refractivity contribution in [2.24, 2.45) is 0 Å². The van der Waals surface area contributed by atoms with E-state index in [0.717, 1.165) is 27.9 Å². The maximum atomic E-state index is 10.9. The normalized spacial score (nSPS) is 12.3. The van der Waals surface area contributed by atoms with E-state index in [2.05, 4.69) is 26.1 Å². The Balaban J connectivity index is 1.68. The molecule has 3 aromatic heterocycles. The smallest absolute Gasteiger partial charge is 0.144 e. The molecule has 0 aliphatic rings. The number of rotatable bonds is 6. The van der Waals surface area contributed by atoms with Gasteiger partial charge in [-0.05, 0) is 17.2 Å². The number of aromatic nitrogens is 5. The highest BCUT2D eigenvalue weighted by molar-refractivity contribution is 7.71. The van der Waals surface area contributed by atoms with Crippen LogP contribution < -0.4 is 0 Å². The van der Waals surface area contributed by atoms with E-state index in [1.165, 1.54) is 6.33 Å². The van der Waals surface area contributed by atoms with Crippen LogP contribution in [-0.4, -0.2) is 33.2 Å². The van der Waals surface area contributed by atoms with Crippen molar-refractivity contribution in [2.45, 2.75) is 18.2 Å². The van der Waals surface area contributed by atoms with Crippen molar-refractivity contribution in [3.05, 3.63) is 66.4 Å². The second-order valence-corrected chi connectivity index (χ2v) is 7.26. The van der Waals surface area contributed by atoms with Gasteiger partial charge < -0.3 is 4.98 Å². The van der Waals surface area contributed by atoms with Crippen LogP contribution in [0.5, 0.6) is 0 Å². The van der Waals surface area contributed by atoms with Crippen molar-refractivity contribution in [1.82, 2.24) is 24.7 Å². The van der Waals surface area contributed by atoms with Gasteiger partial charge in [-0.1, -0.05) is 24.3 Å². The van der Waals surface area contributed by atoms with Crippen LogP contribution in [0.3, 0.4) is 0 Å². The maximum absolute atomic E-state index is 10.9. The molecule has 28 heavy (non-hydrogen) atoms. The quantitative estimate of drug-likeness (QED) is 0.487. The van der Waals surface area contributed by atoms with Gasteiger partial charge in [0.05, 0.1) is 36.2 Å². The molecule has 1 aromatic carbocycles. The minimum atomic E-state index is -2.47. The molecule has 140 valence electrons. The number of hydrogen-bond donors (Lipinski definition) is 2. The fraction of sp³-hybridized carbons (Fsp3) is 0.158. The lowest BCUT2D eigenvalue weighted by atomic mass is 10.0. The molecule has 0 bridgehead atoms. The van der Waals surface area contributed by atoms with Gasteiger partial charge in [-0.3, -0.25) is 4.68 Å². The van der Waals surface area contributed by atoms with Crippen LogP contribution >= 0.6 is 0 Å². The Morgan fingerprint density at radius 3 is 2.75 bits per heavy atom. The molecule has 3 heterocycles. The van der Waals surface area contributed by atoms with Crippen molar-refractivity contribution in [1.29, 1.82) is 5.26 Å². The molecular weight excluding hydrogens is 376 g/mol. The fourth-order valence-electron chi connectivity index (χ4n) is 3.18. The first-order valence-corrected chi connectivity index (χ1v) is 9.92. The molecule has 0 fully saturated rings. The zero-order chi connectivity index (χ0) is 19.5. The summed E-state index contributed by atoms with van der Waals surface area (Å²) in [7, 11) is -2.47. The second kappa shape index (κ2) is 7.62. The highest BCUT2D eigenvalue weighted by atomic mass is 32.2. The number of nitrogens with zero attached hydrogens (tertiary/aromatic N) is 5. The topological polar surface area (TPSA) is 117 Å². The third-order valence-corrected chi connectivity index (χ3v) is 5.13. The fourth-order valence-corrected chi connectivity index (χ4v) is 3.69. The van der Waals surface area contributed by atoms with E-state index in [-0.39, 0.29) is 18.2 Å². The average molecular weight is 392 g/mol. The third-order valence-electron chi connectivity index (χ3n) is 4.51. The zero-order valence-corrected chi connectivity index (χ0v) is 15.6. The van der Waals surface area contributed by atoms with E-state index in [1.807, 2.05) is 30.6 Å². The lowest BCUT2D eigenvalue weighted by molar-refractivity contribution is 0.532. The third kappa shape index (κ3) is 3.50. The molecule has 0 radical (unpaired) electrons.